The monoisotopic (exact) mass is 207 g/mol. The second-order valence-corrected chi connectivity index (χ2v) is 3.84. The van der Waals surface area contributed by atoms with Crippen molar-refractivity contribution in [2.75, 3.05) is 0 Å². The van der Waals surface area contributed by atoms with Crippen LogP contribution in [-0.4, -0.2) is 11.1 Å². The third-order valence-electron chi connectivity index (χ3n) is 2.51. The Kier molecular flexibility index (Phi) is 3.86. The van der Waals surface area contributed by atoms with Crippen molar-refractivity contribution < 1.29 is 9.90 Å². The van der Waals surface area contributed by atoms with E-state index < -0.39 is 11.5 Å². The average Bonchev–Trinajstić information content (AvgIpc) is 2.18. The Morgan fingerprint density at radius 2 is 2.00 bits per heavy atom. The van der Waals surface area contributed by atoms with E-state index in [0.29, 0.717) is 6.42 Å². The number of carbonyl (C=O) groups is 1. The normalized spacial score (nSPS) is 14.5. The van der Waals surface area contributed by atoms with Gasteiger partial charge in [0.2, 0.25) is 0 Å². The first-order chi connectivity index (χ1) is 7.08. The molecular formula is C12H17NO2. The van der Waals surface area contributed by atoms with Gasteiger partial charge in [-0.1, -0.05) is 43.7 Å². The van der Waals surface area contributed by atoms with E-state index >= 15 is 0 Å². The Balaban J connectivity index is 2.95. The van der Waals surface area contributed by atoms with Crippen molar-refractivity contribution >= 4 is 5.97 Å². The van der Waals surface area contributed by atoms with Crippen LogP contribution < -0.4 is 5.73 Å². The molecule has 15 heavy (non-hydrogen) atoms. The molecule has 0 bridgehead atoms. The van der Waals surface area contributed by atoms with Crippen molar-refractivity contribution in [3.8, 4) is 0 Å². The van der Waals surface area contributed by atoms with E-state index in [2.05, 4.69) is 0 Å². The van der Waals surface area contributed by atoms with Crippen LogP contribution in [0.5, 0.6) is 0 Å². The predicted octanol–water partition coefficient (Wildman–Crippen LogP) is 2.12. The molecule has 0 aliphatic carbocycles. The first-order valence-electron chi connectivity index (χ1n) is 5.14. The van der Waals surface area contributed by atoms with Gasteiger partial charge in [0.15, 0.2) is 0 Å². The lowest BCUT2D eigenvalue weighted by Crippen LogP contribution is -2.38. The summed E-state index contributed by atoms with van der Waals surface area (Å²) in [6, 6.07) is 9.44. The summed E-state index contributed by atoms with van der Waals surface area (Å²) in [6.07, 6.45) is 1.53. The number of aliphatic carboxylic acids is 1. The molecule has 3 N–H and O–H groups in total. The van der Waals surface area contributed by atoms with E-state index in [1.165, 1.54) is 0 Å². The molecule has 0 amide bonds. The first-order valence-corrected chi connectivity index (χ1v) is 5.14. The maximum atomic E-state index is 10.8. The fourth-order valence-electron chi connectivity index (χ4n) is 1.82. The number of hydrogen-bond donors (Lipinski definition) is 2. The van der Waals surface area contributed by atoms with E-state index in [0.717, 1.165) is 12.0 Å². The minimum Gasteiger partial charge on any atom is -0.481 e. The quantitative estimate of drug-likeness (QED) is 0.777. The van der Waals surface area contributed by atoms with Gasteiger partial charge in [-0.15, -0.1) is 0 Å². The van der Waals surface area contributed by atoms with Crippen molar-refractivity contribution in [3.63, 3.8) is 0 Å². The van der Waals surface area contributed by atoms with Crippen molar-refractivity contribution in [1.82, 2.24) is 0 Å². The summed E-state index contributed by atoms with van der Waals surface area (Å²) in [4.78, 5) is 10.8. The fourth-order valence-corrected chi connectivity index (χ4v) is 1.82. The van der Waals surface area contributed by atoms with E-state index in [-0.39, 0.29) is 6.42 Å². The molecule has 3 heteroatoms. The zero-order valence-corrected chi connectivity index (χ0v) is 8.94. The fraction of sp³-hybridized carbons (Fsp3) is 0.417. The number of carboxylic acids is 1. The largest absolute Gasteiger partial charge is 0.481 e. The van der Waals surface area contributed by atoms with Gasteiger partial charge in [-0.3, -0.25) is 4.79 Å². The van der Waals surface area contributed by atoms with E-state index in [4.69, 9.17) is 10.8 Å². The molecule has 0 unspecified atom stereocenters. The molecule has 0 saturated heterocycles. The van der Waals surface area contributed by atoms with E-state index in [1.54, 1.807) is 0 Å². The second kappa shape index (κ2) is 4.94. The van der Waals surface area contributed by atoms with Gasteiger partial charge in [-0.2, -0.15) is 0 Å². The molecule has 0 spiro atoms. The summed E-state index contributed by atoms with van der Waals surface area (Å²) in [5.74, 6) is -0.852. The van der Waals surface area contributed by atoms with Crippen LogP contribution in [0.2, 0.25) is 0 Å². The Hall–Kier alpha value is -1.35. The van der Waals surface area contributed by atoms with Crippen LogP contribution in [0.25, 0.3) is 0 Å². The molecule has 1 aromatic rings. The zero-order valence-electron chi connectivity index (χ0n) is 8.94. The van der Waals surface area contributed by atoms with Crippen LogP contribution in [0.3, 0.4) is 0 Å². The number of nitrogens with two attached hydrogens (primary N) is 1. The molecule has 0 saturated carbocycles. The van der Waals surface area contributed by atoms with Crippen LogP contribution in [0.15, 0.2) is 30.3 Å². The lowest BCUT2D eigenvalue weighted by molar-refractivity contribution is -0.138. The first kappa shape index (κ1) is 11.7. The molecular weight excluding hydrogens is 190 g/mol. The summed E-state index contributed by atoms with van der Waals surface area (Å²) in [7, 11) is 0. The second-order valence-electron chi connectivity index (χ2n) is 3.84. The van der Waals surface area contributed by atoms with Crippen LogP contribution >= 0.6 is 0 Å². The van der Waals surface area contributed by atoms with Crippen LogP contribution in [0, 0.1) is 0 Å². The Morgan fingerprint density at radius 1 is 1.40 bits per heavy atom. The number of benzene rings is 1. The predicted molar refractivity (Wildman–Crippen MR) is 59.5 cm³/mol. The van der Waals surface area contributed by atoms with Crippen molar-refractivity contribution in [2.24, 2.45) is 5.73 Å². The highest BCUT2D eigenvalue weighted by atomic mass is 16.4. The highest BCUT2D eigenvalue weighted by Crippen LogP contribution is 2.27. The third-order valence-corrected chi connectivity index (χ3v) is 2.51. The molecule has 0 heterocycles. The van der Waals surface area contributed by atoms with Crippen LogP contribution in [0.4, 0.5) is 0 Å². The number of hydrogen-bond acceptors (Lipinski definition) is 2. The van der Waals surface area contributed by atoms with Crippen LogP contribution in [0.1, 0.15) is 31.7 Å². The maximum Gasteiger partial charge on any atom is 0.305 e. The third kappa shape index (κ3) is 3.06. The molecule has 0 radical (unpaired) electrons. The minimum absolute atomic E-state index is 0.0230. The summed E-state index contributed by atoms with van der Waals surface area (Å²) < 4.78 is 0. The van der Waals surface area contributed by atoms with Gasteiger partial charge in [0.25, 0.3) is 0 Å². The van der Waals surface area contributed by atoms with Gasteiger partial charge in [-0.25, -0.2) is 0 Å². The molecule has 82 valence electrons. The van der Waals surface area contributed by atoms with Crippen LogP contribution in [-0.2, 0) is 10.3 Å². The minimum atomic E-state index is -0.852. The Morgan fingerprint density at radius 3 is 2.47 bits per heavy atom. The molecule has 1 atom stereocenters. The average molecular weight is 207 g/mol. The lowest BCUT2D eigenvalue weighted by Gasteiger charge is -2.28. The van der Waals surface area contributed by atoms with Gasteiger partial charge < -0.3 is 10.8 Å². The highest BCUT2D eigenvalue weighted by molar-refractivity contribution is 5.68. The standard InChI is InChI=1S/C12H17NO2/c1-2-8-12(13,9-11(14)15)10-6-4-3-5-7-10/h3-7H,2,8-9,13H2,1H3,(H,14,15)/t12-/m0/s1. The summed E-state index contributed by atoms with van der Waals surface area (Å²) >= 11 is 0. The SMILES string of the molecule is CCC[C@](N)(CC(=O)O)c1ccccc1. The number of carboxylic acid groups (broad SMARTS) is 1. The summed E-state index contributed by atoms with van der Waals surface area (Å²) in [5, 5.41) is 8.86. The van der Waals surface area contributed by atoms with Gasteiger partial charge in [0.05, 0.1) is 12.0 Å². The molecule has 3 nitrogen and oxygen atoms in total. The van der Waals surface area contributed by atoms with Crippen molar-refractivity contribution in [2.45, 2.75) is 31.7 Å². The van der Waals surface area contributed by atoms with E-state index in [9.17, 15) is 4.79 Å². The number of rotatable bonds is 5. The zero-order chi connectivity index (χ0) is 11.3. The maximum absolute atomic E-state index is 10.8. The summed E-state index contributed by atoms with van der Waals surface area (Å²) in [5.41, 5.74) is 6.31. The Labute approximate surface area is 89.9 Å². The van der Waals surface area contributed by atoms with Gasteiger partial charge in [-0.05, 0) is 12.0 Å². The van der Waals surface area contributed by atoms with Crippen molar-refractivity contribution in [1.29, 1.82) is 0 Å². The van der Waals surface area contributed by atoms with Gasteiger partial charge >= 0.3 is 5.97 Å². The van der Waals surface area contributed by atoms with Gasteiger partial charge in [0.1, 0.15) is 0 Å². The molecule has 0 fully saturated rings. The molecule has 1 rings (SSSR count). The van der Waals surface area contributed by atoms with Gasteiger partial charge in [0, 0.05) is 0 Å². The molecule has 0 aliphatic heterocycles. The topological polar surface area (TPSA) is 63.3 Å². The molecule has 0 aliphatic rings. The molecule has 0 aromatic heterocycles. The lowest BCUT2D eigenvalue weighted by atomic mass is 9.84. The smallest absolute Gasteiger partial charge is 0.305 e. The van der Waals surface area contributed by atoms with E-state index in [1.807, 2.05) is 37.3 Å². The molecule has 1 aromatic carbocycles. The summed E-state index contributed by atoms with van der Waals surface area (Å²) in [6.45, 7) is 2.01. The van der Waals surface area contributed by atoms with Crippen molar-refractivity contribution in [3.05, 3.63) is 35.9 Å². The highest BCUT2D eigenvalue weighted by Gasteiger charge is 2.28. The Bertz CT molecular complexity index is 324.